The Morgan fingerprint density at radius 1 is 0.449 bits per heavy atom. The molecular formula is C74H75N2SSe. The predicted octanol–water partition coefficient (Wildman–Crippen LogP) is 21.4. The minimum Gasteiger partial charge on any atom is -0.0623 e. The van der Waals surface area contributed by atoms with Gasteiger partial charge in [0.05, 0.1) is 22.1 Å². The van der Waals surface area contributed by atoms with Gasteiger partial charge in [-0.05, 0) is 149 Å². The van der Waals surface area contributed by atoms with E-state index < -0.39 is 0 Å². The fraction of sp³-hybridized carbons (Fsp3) is 0.135. The van der Waals surface area contributed by atoms with Crippen molar-refractivity contribution in [1.82, 2.24) is 9.13 Å². The normalized spacial score (nSPS) is 12.3. The molecule has 1 aliphatic carbocycles. The van der Waals surface area contributed by atoms with Gasteiger partial charge in [-0.2, -0.15) is 12.6 Å². The van der Waals surface area contributed by atoms with E-state index in [0.717, 1.165) is 28.1 Å². The van der Waals surface area contributed by atoms with E-state index in [1.54, 1.807) is 12.3 Å². The molecule has 0 aliphatic heterocycles. The second-order valence-corrected chi connectivity index (χ2v) is 18.5. The van der Waals surface area contributed by atoms with Crippen LogP contribution in [-0.2, 0) is 5.41 Å². The van der Waals surface area contributed by atoms with Crippen LogP contribution in [0, 0.1) is 0 Å². The van der Waals surface area contributed by atoms with E-state index in [0.29, 0.717) is 0 Å². The molecule has 2 heterocycles. The van der Waals surface area contributed by atoms with Gasteiger partial charge in [0.15, 0.2) is 0 Å². The Morgan fingerprint density at radius 3 is 1.50 bits per heavy atom. The molecule has 0 amide bonds. The van der Waals surface area contributed by atoms with Gasteiger partial charge in [0.25, 0.3) is 0 Å². The van der Waals surface area contributed by atoms with E-state index in [2.05, 4.69) is 260 Å². The number of hydrogen-bond acceptors (Lipinski definition) is 1. The van der Waals surface area contributed by atoms with E-state index in [-0.39, 0.29) is 5.41 Å². The number of benzene rings is 8. The fourth-order valence-electron chi connectivity index (χ4n) is 10.3. The van der Waals surface area contributed by atoms with Crippen LogP contribution in [0.15, 0.2) is 269 Å². The van der Waals surface area contributed by atoms with Crippen molar-refractivity contribution in [2.45, 2.75) is 59.7 Å². The number of hydrogen-bond donors (Lipinski definition) is 1. The van der Waals surface area contributed by atoms with E-state index in [1.165, 1.54) is 82.6 Å². The summed E-state index contributed by atoms with van der Waals surface area (Å²) in [7, 11) is 0. The zero-order valence-electron chi connectivity index (χ0n) is 47.0. The SMILES string of the molecule is C=C/C=C(\C=C/C)c1ccc2c(c1)c1cc(-c3cccc(-n4c5ccccc5c5ccccc54)c3)ccc1n2-c1ccc2c(c1)-c1cc(/C(C=C)=C/C=C\C)ccc1C2(C)C.C=C/C=C\C.CC.CS.C[Se].c1ccccc1. The first-order valence-electron chi connectivity index (χ1n) is 26.7. The third-order valence-electron chi connectivity index (χ3n) is 13.7. The van der Waals surface area contributed by atoms with Crippen LogP contribution < -0.4 is 0 Å². The average molecular weight is 1100 g/mol. The van der Waals surface area contributed by atoms with Crippen LogP contribution in [0.5, 0.6) is 0 Å². The monoisotopic (exact) mass is 1100 g/mol. The molecule has 4 heteroatoms. The van der Waals surface area contributed by atoms with Crippen molar-refractivity contribution < 1.29 is 0 Å². The van der Waals surface area contributed by atoms with Crippen LogP contribution in [0.2, 0.25) is 5.82 Å². The number of rotatable bonds is 10. The van der Waals surface area contributed by atoms with E-state index in [9.17, 15) is 0 Å². The molecule has 0 saturated heterocycles. The van der Waals surface area contributed by atoms with Crippen LogP contribution in [0.3, 0.4) is 0 Å². The first kappa shape index (κ1) is 59.4. The van der Waals surface area contributed by atoms with Crippen molar-refractivity contribution >= 4 is 83.4 Å². The minimum absolute atomic E-state index is 0.123. The Bertz CT molecular complexity index is 3730. The Labute approximate surface area is 479 Å². The number of allylic oxidation sites excluding steroid dienone is 13. The summed E-state index contributed by atoms with van der Waals surface area (Å²) in [4.78, 5) is 0. The van der Waals surface area contributed by atoms with E-state index in [4.69, 9.17) is 0 Å². The maximum absolute atomic E-state index is 4.14. The topological polar surface area (TPSA) is 9.86 Å². The van der Waals surface area contributed by atoms with Crippen molar-refractivity contribution in [2.75, 3.05) is 6.26 Å². The molecule has 11 rings (SSSR count). The molecule has 0 bridgehead atoms. The first-order chi connectivity index (χ1) is 38.3. The maximum Gasteiger partial charge on any atom is -0.0623 e. The van der Waals surface area contributed by atoms with Gasteiger partial charge in [-0.15, -0.1) is 0 Å². The van der Waals surface area contributed by atoms with Gasteiger partial charge < -0.3 is 9.13 Å². The summed E-state index contributed by atoms with van der Waals surface area (Å²) in [5.74, 6) is 1.88. The molecule has 0 N–H and O–H groups in total. The largest absolute Gasteiger partial charge is 0.0623 e. The molecule has 393 valence electrons. The summed E-state index contributed by atoms with van der Waals surface area (Å²) in [6.07, 6.45) is 23.7. The summed E-state index contributed by atoms with van der Waals surface area (Å²) >= 11 is 6.15. The van der Waals surface area contributed by atoms with Gasteiger partial charge >= 0.3 is 21.8 Å². The third-order valence-corrected chi connectivity index (χ3v) is 13.7. The Morgan fingerprint density at radius 2 is 0.949 bits per heavy atom. The van der Waals surface area contributed by atoms with Crippen molar-refractivity contribution in [3.63, 3.8) is 0 Å². The van der Waals surface area contributed by atoms with E-state index >= 15 is 0 Å². The van der Waals surface area contributed by atoms with Gasteiger partial charge in [-0.1, -0.05) is 230 Å². The third kappa shape index (κ3) is 12.6. The number of fused-ring (bicyclic) bond motifs is 9. The van der Waals surface area contributed by atoms with Crippen LogP contribution in [0.1, 0.15) is 70.7 Å². The van der Waals surface area contributed by atoms with Gasteiger partial charge in [-0.25, -0.2) is 0 Å². The second-order valence-electron chi connectivity index (χ2n) is 18.5. The number of aromatic nitrogens is 2. The quantitative estimate of drug-likeness (QED) is 0.0795. The molecule has 0 spiro atoms. The van der Waals surface area contributed by atoms with Gasteiger partial charge in [0.1, 0.15) is 0 Å². The van der Waals surface area contributed by atoms with Crippen LogP contribution in [0.25, 0.3) is 88.4 Å². The van der Waals surface area contributed by atoms with E-state index in [1.807, 2.05) is 94.2 Å². The average Bonchev–Trinajstić information content (AvgIpc) is 4.27. The molecule has 2 aromatic heterocycles. The zero-order valence-corrected chi connectivity index (χ0v) is 49.7. The van der Waals surface area contributed by atoms with Gasteiger partial charge in [0, 0.05) is 38.3 Å². The molecule has 2 nitrogen and oxygen atoms in total. The van der Waals surface area contributed by atoms with Crippen LogP contribution in [0.4, 0.5) is 0 Å². The molecule has 1 radical (unpaired) electrons. The fourth-order valence-corrected chi connectivity index (χ4v) is 10.3. The Balaban J connectivity index is 0.000000509. The van der Waals surface area contributed by atoms with Gasteiger partial charge in [0.2, 0.25) is 0 Å². The summed E-state index contributed by atoms with van der Waals surface area (Å²) in [5, 5.41) is 4.94. The summed E-state index contributed by atoms with van der Waals surface area (Å²) < 4.78 is 4.85. The number of nitrogens with zero attached hydrogens (tertiary/aromatic N) is 2. The summed E-state index contributed by atoms with van der Waals surface area (Å²) in [6, 6.07) is 66.3. The molecule has 1 aliphatic rings. The molecule has 0 fully saturated rings. The predicted molar refractivity (Wildman–Crippen MR) is 353 cm³/mol. The maximum atomic E-state index is 4.14. The number of para-hydroxylation sites is 2. The Hall–Kier alpha value is -7.85. The smallest absolute Gasteiger partial charge is 0.0623 e. The molecule has 0 saturated carbocycles. The second kappa shape index (κ2) is 29.0. The molecule has 78 heavy (non-hydrogen) atoms. The van der Waals surface area contributed by atoms with Crippen LogP contribution >= 0.6 is 12.6 Å². The molecule has 0 unspecified atom stereocenters. The van der Waals surface area contributed by atoms with Crippen molar-refractivity contribution in [1.29, 1.82) is 0 Å². The molecule has 0 atom stereocenters. The zero-order chi connectivity index (χ0) is 56.2. The summed E-state index contributed by atoms with van der Waals surface area (Å²) in [6.45, 7) is 26.4. The standard InChI is InChI=1S/C59H48N2.C6H6.C5H8.C2H6.CH4S.CH3Se/c1-7-11-19-39(10-4)42-26-30-53-49(35-42)50-38-46(29-31-54(50)59(53,5)6)61-57-32-27-43(40(17-8-2)18-9-3)36-51(57)52-37-44(28-33-58(52)61)41-20-16-21-45(34-41)60-55-24-14-12-22-47(55)48-23-13-15-25-56(48)60;1-2-4-6-5-3-1;1-3-5-4-2;3*1-2/h7-38H,2,4H2,1,3,5-6H3;1-6H;3-5H,1H2,2H3;1-2H3;2H,1H3;1H3/b11-7-,18-9-,39-19+,40-17+;;5-4-;;;. The Kier molecular flexibility index (Phi) is 22.1. The number of thiol groups is 1. The summed E-state index contributed by atoms with van der Waals surface area (Å²) in [5.41, 5.74) is 19.1. The van der Waals surface area contributed by atoms with Gasteiger partial charge in [-0.3, -0.25) is 0 Å². The molecular weight excluding hydrogens is 1030 g/mol. The van der Waals surface area contributed by atoms with Crippen molar-refractivity contribution in [3.8, 4) is 33.6 Å². The first-order valence-corrected chi connectivity index (χ1v) is 29.3. The minimum atomic E-state index is -0.123. The molecule has 8 aromatic carbocycles. The van der Waals surface area contributed by atoms with Crippen LogP contribution in [-0.4, -0.2) is 31.4 Å². The molecule has 10 aromatic rings. The van der Waals surface area contributed by atoms with Crippen molar-refractivity contribution in [3.05, 3.63) is 291 Å². The van der Waals surface area contributed by atoms with Crippen molar-refractivity contribution in [2.24, 2.45) is 0 Å².